The van der Waals surface area contributed by atoms with Crippen LogP contribution in [-0.2, 0) is 11.3 Å². The third-order valence-corrected chi connectivity index (χ3v) is 3.62. The number of likely N-dealkylation sites (tertiary alicyclic amines) is 1. The van der Waals surface area contributed by atoms with E-state index in [1.54, 1.807) is 0 Å². The van der Waals surface area contributed by atoms with Crippen LogP contribution < -0.4 is 11.3 Å². The highest BCUT2D eigenvalue weighted by Gasteiger charge is 2.41. The van der Waals surface area contributed by atoms with E-state index in [9.17, 15) is 22.8 Å². The first-order valence-electron chi connectivity index (χ1n) is 6.58. The Labute approximate surface area is 119 Å². The van der Waals surface area contributed by atoms with Gasteiger partial charge >= 0.3 is 6.18 Å². The number of nitrogens with zero attached hydrogens (tertiary/aromatic N) is 2. The van der Waals surface area contributed by atoms with E-state index in [0.29, 0.717) is 5.69 Å². The second-order valence-corrected chi connectivity index (χ2v) is 5.13. The van der Waals surface area contributed by atoms with Crippen molar-refractivity contribution >= 4 is 11.6 Å². The highest BCUT2D eigenvalue weighted by molar-refractivity contribution is 5.76. The Morgan fingerprint density at radius 2 is 1.90 bits per heavy atom. The van der Waals surface area contributed by atoms with E-state index >= 15 is 0 Å². The summed E-state index contributed by atoms with van der Waals surface area (Å²) >= 11 is 0. The number of hydrogen-bond acceptors (Lipinski definition) is 3. The number of aromatic nitrogens is 1. The van der Waals surface area contributed by atoms with Crippen LogP contribution in [0, 0.1) is 5.92 Å². The Kier molecular flexibility index (Phi) is 4.24. The van der Waals surface area contributed by atoms with Gasteiger partial charge in [0, 0.05) is 31.0 Å². The molecule has 0 aromatic carbocycles. The van der Waals surface area contributed by atoms with Gasteiger partial charge in [-0.05, 0) is 18.9 Å². The molecule has 1 aromatic heterocycles. The van der Waals surface area contributed by atoms with Crippen molar-refractivity contribution in [1.82, 2.24) is 9.47 Å². The van der Waals surface area contributed by atoms with Crippen molar-refractivity contribution in [3.05, 3.63) is 28.7 Å². The van der Waals surface area contributed by atoms with Gasteiger partial charge in [0.2, 0.25) is 5.91 Å². The van der Waals surface area contributed by atoms with Crippen LogP contribution in [0.5, 0.6) is 0 Å². The summed E-state index contributed by atoms with van der Waals surface area (Å²) in [5, 5.41) is 0. The Balaban J connectivity index is 1.97. The first-order chi connectivity index (χ1) is 9.77. The molecule has 1 amide bonds. The minimum atomic E-state index is -4.21. The van der Waals surface area contributed by atoms with Crippen LogP contribution in [0.2, 0.25) is 0 Å². The van der Waals surface area contributed by atoms with Gasteiger partial charge in [-0.3, -0.25) is 9.59 Å². The van der Waals surface area contributed by atoms with Crippen LogP contribution in [0.4, 0.5) is 18.9 Å². The molecule has 1 aromatic rings. The summed E-state index contributed by atoms with van der Waals surface area (Å²) in [6.07, 6.45) is -3.05. The number of hydrogen-bond donors (Lipinski definition) is 1. The van der Waals surface area contributed by atoms with Crippen molar-refractivity contribution in [3.63, 3.8) is 0 Å². The van der Waals surface area contributed by atoms with Gasteiger partial charge in [-0.25, -0.2) is 0 Å². The number of rotatable bonds is 2. The highest BCUT2D eigenvalue weighted by atomic mass is 19.4. The predicted octanol–water partition coefficient (Wildman–Crippen LogP) is 1.23. The molecule has 1 aliphatic rings. The van der Waals surface area contributed by atoms with Crippen molar-refractivity contribution < 1.29 is 18.0 Å². The molecule has 0 radical (unpaired) electrons. The summed E-state index contributed by atoms with van der Waals surface area (Å²) < 4.78 is 38.8. The molecule has 0 saturated carbocycles. The zero-order chi connectivity index (χ0) is 15.6. The van der Waals surface area contributed by atoms with Crippen LogP contribution in [-0.4, -0.2) is 34.6 Å². The van der Waals surface area contributed by atoms with Crippen LogP contribution in [0.3, 0.4) is 0 Å². The largest absolute Gasteiger partial charge is 0.398 e. The van der Waals surface area contributed by atoms with Crippen molar-refractivity contribution in [2.75, 3.05) is 18.8 Å². The van der Waals surface area contributed by atoms with Gasteiger partial charge in [-0.1, -0.05) is 0 Å². The van der Waals surface area contributed by atoms with Crippen LogP contribution >= 0.6 is 0 Å². The van der Waals surface area contributed by atoms with Gasteiger partial charge in [-0.2, -0.15) is 13.2 Å². The second kappa shape index (κ2) is 5.79. The maximum Gasteiger partial charge on any atom is 0.391 e. The first-order valence-corrected chi connectivity index (χ1v) is 6.58. The molecule has 8 heteroatoms. The number of nitrogens with two attached hydrogens (primary N) is 1. The Morgan fingerprint density at radius 3 is 2.48 bits per heavy atom. The molecule has 116 valence electrons. The fraction of sp³-hybridized carbons (Fsp3) is 0.538. The van der Waals surface area contributed by atoms with Gasteiger partial charge in [0.25, 0.3) is 5.56 Å². The molecule has 5 nitrogen and oxygen atoms in total. The number of carbonyl (C=O) groups excluding carboxylic acids is 1. The Hall–Kier alpha value is -1.99. The van der Waals surface area contributed by atoms with Crippen molar-refractivity contribution in [3.8, 4) is 0 Å². The highest BCUT2D eigenvalue weighted by Crippen LogP contribution is 2.34. The Morgan fingerprint density at radius 1 is 1.29 bits per heavy atom. The molecule has 2 N–H and O–H groups in total. The summed E-state index contributed by atoms with van der Waals surface area (Å²) in [5.41, 5.74) is 5.51. The second-order valence-electron chi connectivity index (χ2n) is 5.13. The molecule has 0 unspecified atom stereocenters. The molecule has 2 rings (SSSR count). The quantitative estimate of drug-likeness (QED) is 0.893. The number of nitrogen functional groups attached to an aromatic ring is 1. The van der Waals surface area contributed by atoms with Gasteiger partial charge in [-0.15, -0.1) is 0 Å². The van der Waals surface area contributed by atoms with Crippen LogP contribution in [0.15, 0.2) is 23.1 Å². The normalized spacial score (nSPS) is 17.0. The molecule has 0 bridgehead atoms. The smallest absolute Gasteiger partial charge is 0.391 e. The molecule has 0 spiro atoms. The standard InChI is InChI=1S/C13H16F3N3O2/c14-13(15,16)9-3-5-18(6-4-9)12(21)8-19-7-10(17)1-2-11(19)20/h1-2,7,9H,3-6,8,17H2. The number of amides is 1. The van der Waals surface area contributed by atoms with Crippen LogP contribution in [0.1, 0.15) is 12.8 Å². The summed E-state index contributed by atoms with van der Waals surface area (Å²) in [7, 11) is 0. The van der Waals surface area contributed by atoms with E-state index in [1.807, 2.05) is 0 Å². The van der Waals surface area contributed by atoms with Gasteiger partial charge in [0.15, 0.2) is 0 Å². The van der Waals surface area contributed by atoms with Crippen molar-refractivity contribution in [1.29, 1.82) is 0 Å². The molecule has 1 fully saturated rings. The number of piperidine rings is 1. The average Bonchev–Trinajstić information content (AvgIpc) is 2.42. The monoisotopic (exact) mass is 303 g/mol. The summed E-state index contributed by atoms with van der Waals surface area (Å²) in [6.45, 7) is -0.0965. The molecular formula is C13H16F3N3O2. The van der Waals surface area contributed by atoms with E-state index in [2.05, 4.69) is 0 Å². The average molecular weight is 303 g/mol. The van der Waals surface area contributed by atoms with E-state index < -0.39 is 12.1 Å². The molecule has 2 heterocycles. The maximum atomic E-state index is 12.6. The summed E-state index contributed by atoms with van der Waals surface area (Å²) in [5.74, 6) is -1.72. The molecule has 0 aliphatic carbocycles. The fourth-order valence-electron chi connectivity index (χ4n) is 2.38. The molecule has 21 heavy (non-hydrogen) atoms. The van der Waals surface area contributed by atoms with Crippen molar-refractivity contribution in [2.45, 2.75) is 25.6 Å². The molecular weight excluding hydrogens is 287 g/mol. The van der Waals surface area contributed by atoms with Gasteiger partial charge in [0.05, 0.1) is 5.92 Å². The van der Waals surface area contributed by atoms with E-state index in [0.717, 1.165) is 4.57 Å². The van der Waals surface area contributed by atoms with Crippen molar-refractivity contribution in [2.24, 2.45) is 5.92 Å². The minimum Gasteiger partial charge on any atom is -0.398 e. The lowest BCUT2D eigenvalue weighted by atomic mass is 9.96. The SMILES string of the molecule is Nc1ccc(=O)n(CC(=O)N2CCC(C(F)(F)F)CC2)c1. The fourth-order valence-corrected chi connectivity index (χ4v) is 2.38. The molecule has 1 aliphatic heterocycles. The third-order valence-electron chi connectivity index (χ3n) is 3.62. The van der Waals surface area contributed by atoms with Gasteiger partial charge in [0.1, 0.15) is 6.54 Å². The third kappa shape index (κ3) is 3.77. The number of carbonyl (C=O) groups is 1. The first kappa shape index (κ1) is 15.4. The predicted molar refractivity (Wildman–Crippen MR) is 70.5 cm³/mol. The molecule has 0 atom stereocenters. The number of pyridine rings is 1. The van der Waals surface area contributed by atoms with Gasteiger partial charge < -0.3 is 15.2 Å². The summed E-state index contributed by atoms with van der Waals surface area (Å²) in [6, 6.07) is 2.68. The maximum absolute atomic E-state index is 12.6. The number of anilines is 1. The number of halogens is 3. The minimum absolute atomic E-state index is 0.0556. The molecule has 1 saturated heterocycles. The zero-order valence-electron chi connectivity index (χ0n) is 11.3. The topological polar surface area (TPSA) is 68.3 Å². The van der Waals surface area contributed by atoms with E-state index in [1.165, 1.54) is 23.2 Å². The Bertz CT molecular complexity index is 575. The lowest BCUT2D eigenvalue weighted by Gasteiger charge is -2.33. The zero-order valence-corrected chi connectivity index (χ0v) is 11.3. The summed E-state index contributed by atoms with van der Waals surface area (Å²) in [4.78, 5) is 25.0. The van der Waals surface area contributed by atoms with E-state index in [4.69, 9.17) is 5.73 Å². The number of alkyl halides is 3. The van der Waals surface area contributed by atoms with E-state index in [-0.39, 0.29) is 43.9 Å². The lowest BCUT2D eigenvalue weighted by molar-refractivity contribution is -0.186. The lowest BCUT2D eigenvalue weighted by Crippen LogP contribution is -2.44. The van der Waals surface area contributed by atoms with Crippen LogP contribution in [0.25, 0.3) is 0 Å².